The van der Waals surface area contributed by atoms with E-state index in [-0.39, 0.29) is 0 Å². The van der Waals surface area contributed by atoms with Gasteiger partial charge < -0.3 is 4.74 Å². The zero-order chi connectivity index (χ0) is 16.2. The summed E-state index contributed by atoms with van der Waals surface area (Å²) in [5.74, 6) is 1.38. The molecule has 5 heteroatoms. The highest BCUT2D eigenvalue weighted by atomic mass is 16.5. The Morgan fingerprint density at radius 1 is 1.26 bits per heavy atom. The predicted molar refractivity (Wildman–Crippen MR) is 93.7 cm³/mol. The van der Waals surface area contributed by atoms with Crippen molar-refractivity contribution in [2.24, 2.45) is 11.0 Å². The zero-order valence-electron chi connectivity index (χ0n) is 13.9. The molecule has 0 aliphatic rings. The number of hydrogen-bond donors (Lipinski definition) is 0. The minimum absolute atomic E-state index is 0.443. The lowest BCUT2D eigenvalue weighted by Gasteiger charge is -2.05. The van der Waals surface area contributed by atoms with Gasteiger partial charge in [0.05, 0.1) is 11.7 Å². The Labute approximate surface area is 136 Å². The topological polar surface area (TPSA) is 52.3 Å². The quantitative estimate of drug-likeness (QED) is 0.647. The number of fused-ring (bicyclic) bond motifs is 3. The molecule has 0 fully saturated rings. The van der Waals surface area contributed by atoms with Crippen molar-refractivity contribution in [3.8, 4) is 0 Å². The largest absolute Gasteiger partial charge is 0.374 e. The average Bonchev–Trinajstić information content (AvgIpc) is 2.91. The second-order valence-electron chi connectivity index (χ2n) is 5.91. The van der Waals surface area contributed by atoms with Crippen molar-refractivity contribution < 1.29 is 4.74 Å². The summed E-state index contributed by atoms with van der Waals surface area (Å²) in [5, 5.41) is 5.72. The predicted octanol–water partition coefficient (Wildman–Crippen LogP) is 4.00. The number of ether oxygens (including phenoxy) is 1. The maximum Gasteiger partial charge on any atom is 0.157 e. The number of nitrogens with zero attached hydrogens (tertiary/aromatic N) is 4. The van der Waals surface area contributed by atoms with Gasteiger partial charge in [0, 0.05) is 18.2 Å². The molecule has 1 aromatic carbocycles. The summed E-state index contributed by atoms with van der Waals surface area (Å²) in [6, 6.07) is 8.07. The number of aromatic nitrogens is 3. The summed E-state index contributed by atoms with van der Waals surface area (Å²) in [4.78, 5) is 9.14. The normalized spacial score (nSPS) is 12.2. The maximum absolute atomic E-state index is 5.55. The van der Waals surface area contributed by atoms with Gasteiger partial charge in [-0.2, -0.15) is 5.10 Å². The molecule has 0 aliphatic heterocycles. The Morgan fingerprint density at radius 3 is 2.87 bits per heavy atom. The highest BCUT2D eigenvalue weighted by Crippen LogP contribution is 2.25. The minimum Gasteiger partial charge on any atom is -0.374 e. The van der Waals surface area contributed by atoms with Crippen molar-refractivity contribution in [1.82, 2.24) is 14.6 Å². The Bertz CT molecular complexity index is 836. The molecule has 0 saturated carbocycles. The fraction of sp³-hybridized carbons (Fsp3) is 0.389. The van der Waals surface area contributed by atoms with E-state index in [1.54, 1.807) is 0 Å². The van der Waals surface area contributed by atoms with Crippen LogP contribution in [-0.2, 0) is 11.3 Å². The van der Waals surface area contributed by atoms with E-state index in [1.165, 1.54) is 0 Å². The van der Waals surface area contributed by atoms with Gasteiger partial charge in [-0.05, 0) is 25.3 Å². The molecule has 120 valence electrons. The van der Waals surface area contributed by atoms with E-state index in [4.69, 9.17) is 4.74 Å². The number of pyridine rings is 1. The van der Waals surface area contributed by atoms with Crippen LogP contribution in [0.25, 0.3) is 21.9 Å². The molecule has 0 unspecified atom stereocenters. The van der Waals surface area contributed by atoms with Crippen LogP contribution in [0.3, 0.4) is 0 Å². The molecule has 5 nitrogen and oxygen atoms in total. The van der Waals surface area contributed by atoms with Crippen molar-refractivity contribution in [3.05, 3.63) is 36.3 Å². The molecule has 0 spiro atoms. The Hall–Kier alpha value is -2.27. The van der Waals surface area contributed by atoms with Crippen LogP contribution >= 0.6 is 0 Å². The van der Waals surface area contributed by atoms with E-state index in [0.717, 1.165) is 34.2 Å². The molecule has 2 aromatic heterocycles. The molecule has 0 N–H and O–H groups in total. The van der Waals surface area contributed by atoms with Crippen molar-refractivity contribution in [3.63, 3.8) is 0 Å². The van der Waals surface area contributed by atoms with E-state index in [2.05, 4.69) is 35.0 Å². The molecule has 0 amide bonds. The van der Waals surface area contributed by atoms with Gasteiger partial charge in [-0.25, -0.2) is 9.66 Å². The van der Waals surface area contributed by atoms with Crippen LogP contribution in [0, 0.1) is 5.92 Å². The first kappa shape index (κ1) is 15.6. The molecule has 0 aliphatic carbocycles. The number of benzene rings is 1. The van der Waals surface area contributed by atoms with Crippen LogP contribution in [0.4, 0.5) is 0 Å². The van der Waals surface area contributed by atoms with Gasteiger partial charge in [-0.3, -0.25) is 4.98 Å². The monoisotopic (exact) mass is 310 g/mol. The van der Waals surface area contributed by atoms with Crippen molar-refractivity contribution in [2.75, 3.05) is 6.61 Å². The van der Waals surface area contributed by atoms with Crippen LogP contribution in [-0.4, -0.2) is 27.5 Å². The molecule has 0 radical (unpaired) electrons. The van der Waals surface area contributed by atoms with Crippen LogP contribution in [0.15, 0.2) is 35.6 Å². The van der Waals surface area contributed by atoms with E-state index < -0.39 is 0 Å². The number of rotatable bonds is 6. The fourth-order valence-electron chi connectivity index (χ4n) is 2.49. The van der Waals surface area contributed by atoms with E-state index >= 15 is 0 Å². The number of para-hydroxylation sites is 1. The van der Waals surface area contributed by atoms with Gasteiger partial charge in [-0.15, -0.1) is 0 Å². The van der Waals surface area contributed by atoms with Gasteiger partial charge >= 0.3 is 0 Å². The molecular weight excluding hydrogens is 288 g/mol. The maximum atomic E-state index is 5.55. The van der Waals surface area contributed by atoms with Crippen LogP contribution in [0.2, 0.25) is 0 Å². The molecule has 2 heterocycles. The summed E-state index contributed by atoms with van der Waals surface area (Å²) in [7, 11) is 0. The summed E-state index contributed by atoms with van der Waals surface area (Å²) in [6.07, 6.45) is 4.69. The summed E-state index contributed by atoms with van der Waals surface area (Å²) < 4.78 is 7.45. The van der Waals surface area contributed by atoms with Crippen LogP contribution < -0.4 is 0 Å². The lowest BCUT2D eigenvalue weighted by molar-refractivity contribution is 0.126. The summed E-state index contributed by atoms with van der Waals surface area (Å²) >= 11 is 0. The molecule has 0 bridgehead atoms. The van der Waals surface area contributed by atoms with E-state index in [0.29, 0.717) is 19.1 Å². The number of hydrogen-bond acceptors (Lipinski definition) is 4. The lowest BCUT2D eigenvalue weighted by Crippen LogP contribution is -2.02. The third kappa shape index (κ3) is 3.24. The molecule has 0 atom stereocenters. The first-order valence-corrected chi connectivity index (χ1v) is 8.06. The van der Waals surface area contributed by atoms with Gasteiger partial charge in [0.2, 0.25) is 0 Å². The summed E-state index contributed by atoms with van der Waals surface area (Å²) in [5.41, 5.74) is 2.79. The second kappa shape index (κ2) is 6.87. The van der Waals surface area contributed by atoms with Gasteiger partial charge in [0.15, 0.2) is 5.82 Å². The second-order valence-corrected chi connectivity index (χ2v) is 5.91. The third-order valence-electron chi connectivity index (χ3n) is 3.64. The third-order valence-corrected chi connectivity index (χ3v) is 3.64. The fourth-order valence-corrected chi connectivity index (χ4v) is 2.49. The average molecular weight is 310 g/mol. The molecule has 0 saturated heterocycles. The molecule has 3 rings (SSSR count). The smallest absolute Gasteiger partial charge is 0.157 e. The Balaban J connectivity index is 2.17. The first-order chi connectivity index (χ1) is 11.2. The lowest BCUT2D eigenvalue weighted by atomic mass is 10.2. The van der Waals surface area contributed by atoms with Crippen LogP contribution in [0.1, 0.15) is 33.0 Å². The van der Waals surface area contributed by atoms with Crippen molar-refractivity contribution >= 4 is 28.2 Å². The molecule has 3 aromatic rings. The van der Waals surface area contributed by atoms with Crippen LogP contribution in [0.5, 0.6) is 0 Å². The zero-order valence-corrected chi connectivity index (χ0v) is 13.9. The minimum atomic E-state index is 0.443. The highest BCUT2D eigenvalue weighted by molar-refractivity contribution is 6.02. The van der Waals surface area contributed by atoms with Gasteiger partial charge in [0.25, 0.3) is 0 Å². The standard InChI is InChI=1S/C18H22N4O/c1-4-23-12-17-21-16-11-19-15-8-6-5-7-14(15)18(16)22(17)20-10-9-13(2)3/h5-8,10-11,13H,4,9,12H2,1-3H3/b20-10-. The SMILES string of the molecule is CCOCc1nc2cnc3ccccc3c2n1/N=C\CC(C)C. The van der Waals surface area contributed by atoms with Crippen molar-refractivity contribution in [2.45, 2.75) is 33.8 Å². The van der Waals surface area contributed by atoms with E-state index in [1.807, 2.05) is 42.2 Å². The molecule has 23 heavy (non-hydrogen) atoms. The summed E-state index contributed by atoms with van der Waals surface area (Å²) in [6.45, 7) is 7.43. The van der Waals surface area contributed by atoms with Crippen molar-refractivity contribution in [1.29, 1.82) is 0 Å². The van der Waals surface area contributed by atoms with Gasteiger partial charge in [0.1, 0.15) is 17.6 Å². The molecular formula is C18H22N4O. The van der Waals surface area contributed by atoms with Gasteiger partial charge in [-0.1, -0.05) is 32.0 Å². The Kier molecular flexibility index (Phi) is 4.67. The number of imidazole rings is 1. The Morgan fingerprint density at radius 2 is 2.09 bits per heavy atom. The van der Waals surface area contributed by atoms with E-state index in [9.17, 15) is 0 Å². The first-order valence-electron chi connectivity index (χ1n) is 8.06. The highest BCUT2D eigenvalue weighted by Gasteiger charge is 2.13.